The maximum absolute atomic E-state index is 14.5. The molecule has 0 aromatic heterocycles. The van der Waals surface area contributed by atoms with Gasteiger partial charge in [-0.1, -0.05) is 31.6 Å². The lowest BCUT2D eigenvalue weighted by Crippen LogP contribution is -2.22. The van der Waals surface area contributed by atoms with Crippen LogP contribution in [-0.4, -0.2) is 6.61 Å². The van der Waals surface area contributed by atoms with Crippen LogP contribution in [0, 0.1) is 29.4 Å². The van der Waals surface area contributed by atoms with Gasteiger partial charge >= 0.3 is 0 Å². The summed E-state index contributed by atoms with van der Waals surface area (Å²) < 4.78 is 33.8. The molecule has 1 aromatic carbocycles. The van der Waals surface area contributed by atoms with E-state index in [4.69, 9.17) is 4.74 Å². The van der Waals surface area contributed by atoms with Crippen molar-refractivity contribution in [3.8, 4) is 5.75 Å². The van der Waals surface area contributed by atoms with Gasteiger partial charge in [-0.3, -0.25) is 0 Å². The van der Waals surface area contributed by atoms with Gasteiger partial charge in [0.2, 0.25) is 5.82 Å². The van der Waals surface area contributed by atoms with E-state index in [1.165, 1.54) is 38.5 Å². The number of unbranched alkanes of at least 4 members (excludes halogenated alkanes) is 1. The lowest BCUT2D eigenvalue weighted by atomic mass is 9.71. The predicted molar refractivity (Wildman–Crippen MR) is 112 cm³/mol. The molecule has 0 saturated heterocycles. The third kappa shape index (κ3) is 5.04. The Kier molecular flexibility index (Phi) is 7.70. The molecule has 1 nitrogen and oxygen atoms in total. The Morgan fingerprint density at radius 1 is 1.00 bits per heavy atom. The van der Waals surface area contributed by atoms with Crippen LogP contribution in [0.25, 0.3) is 5.57 Å². The highest BCUT2D eigenvalue weighted by Crippen LogP contribution is 2.42. The van der Waals surface area contributed by atoms with E-state index in [2.05, 4.69) is 25.2 Å². The highest BCUT2D eigenvalue weighted by molar-refractivity contribution is 5.67. The Balaban J connectivity index is 1.57. The molecule has 0 bridgehead atoms. The lowest BCUT2D eigenvalue weighted by Gasteiger charge is -2.35. The molecule has 0 aliphatic heterocycles. The number of benzene rings is 1. The predicted octanol–water partition coefficient (Wildman–Crippen LogP) is 7.71. The van der Waals surface area contributed by atoms with E-state index < -0.39 is 11.6 Å². The van der Waals surface area contributed by atoms with E-state index in [9.17, 15) is 8.78 Å². The van der Waals surface area contributed by atoms with Gasteiger partial charge in [0.25, 0.3) is 0 Å². The minimum absolute atomic E-state index is 0.00258. The lowest BCUT2D eigenvalue weighted by molar-refractivity contribution is 0.212. The van der Waals surface area contributed by atoms with Crippen LogP contribution in [0.1, 0.15) is 77.2 Å². The molecule has 0 amide bonds. The van der Waals surface area contributed by atoms with Crippen LogP contribution >= 0.6 is 0 Å². The van der Waals surface area contributed by atoms with Crippen LogP contribution in [0.5, 0.6) is 5.75 Å². The molecule has 2 aliphatic carbocycles. The third-order valence-electron chi connectivity index (χ3n) is 6.49. The Bertz CT molecular complexity index is 699. The van der Waals surface area contributed by atoms with Gasteiger partial charge in [0.1, 0.15) is 0 Å². The van der Waals surface area contributed by atoms with E-state index in [1.807, 2.05) is 0 Å². The standard InChI is InChI=1S/C25H34F2O/c1-3-5-6-7-18-8-10-19(11-9-18)20-12-14-21(15-13-20)22-16-17-23(28-4-2)25(27)24(22)26/h6-7,14,16-20H,3-5,8-13,15H2,1-2H3/b7-6+. The normalized spacial score (nSPS) is 25.7. The van der Waals surface area contributed by atoms with Crippen molar-refractivity contribution >= 4 is 5.57 Å². The van der Waals surface area contributed by atoms with Crippen LogP contribution in [0.2, 0.25) is 0 Å². The quantitative estimate of drug-likeness (QED) is 0.435. The van der Waals surface area contributed by atoms with E-state index in [1.54, 1.807) is 19.1 Å². The van der Waals surface area contributed by atoms with Crippen molar-refractivity contribution in [2.24, 2.45) is 17.8 Å². The number of rotatable bonds is 7. The summed E-state index contributed by atoms with van der Waals surface area (Å²) in [6.07, 6.45) is 17.5. The zero-order valence-electron chi connectivity index (χ0n) is 17.4. The van der Waals surface area contributed by atoms with E-state index >= 15 is 0 Å². The second-order valence-corrected chi connectivity index (χ2v) is 8.33. The highest BCUT2D eigenvalue weighted by Gasteiger charge is 2.29. The van der Waals surface area contributed by atoms with Crippen molar-refractivity contribution in [2.75, 3.05) is 6.61 Å². The van der Waals surface area contributed by atoms with Crippen LogP contribution in [0.15, 0.2) is 30.4 Å². The van der Waals surface area contributed by atoms with Gasteiger partial charge < -0.3 is 4.74 Å². The summed E-state index contributed by atoms with van der Waals surface area (Å²) in [5, 5.41) is 0. The van der Waals surface area contributed by atoms with Crippen molar-refractivity contribution in [3.05, 3.63) is 47.6 Å². The summed E-state index contributed by atoms with van der Waals surface area (Å²) in [5.41, 5.74) is 1.36. The summed E-state index contributed by atoms with van der Waals surface area (Å²) >= 11 is 0. The van der Waals surface area contributed by atoms with E-state index in [-0.39, 0.29) is 5.75 Å². The number of hydrogen-bond acceptors (Lipinski definition) is 1. The summed E-state index contributed by atoms with van der Waals surface area (Å²) in [6, 6.07) is 3.22. The monoisotopic (exact) mass is 388 g/mol. The van der Waals surface area contributed by atoms with Gasteiger partial charge in [0.05, 0.1) is 6.61 Å². The molecule has 28 heavy (non-hydrogen) atoms. The maximum atomic E-state index is 14.5. The van der Waals surface area contributed by atoms with Crippen molar-refractivity contribution < 1.29 is 13.5 Å². The molecule has 1 atom stereocenters. The number of halogens is 2. The summed E-state index contributed by atoms with van der Waals surface area (Å²) in [4.78, 5) is 0. The van der Waals surface area contributed by atoms with Gasteiger partial charge in [-0.15, -0.1) is 0 Å². The first kappa shape index (κ1) is 21.1. The van der Waals surface area contributed by atoms with E-state index in [0.29, 0.717) is 18.1 Å². The van der Waals surface area contributed by atoms with Crippen molar-refractivity contribution in [2.45, 2.75) is 71.6 Å². The number of allylic oxidation sites excluding steroid dienone is 4. The van der Waals surface area contributed by atoms with Gasteiger partial charge in [-0.05, 0) is 93.7 Å². The molecule has 0 heterocycles. The zero-order chi connectivity index (χ0) is 19.9. The molecule has 1 unspecified atom stereocenters. The van der Waals surface area contributed by atoms with Crippen molar-refractivity contribution in [3.63, 3.8) is 0 Å². The Hall–Kier alpha value is -1.64. The number of ether oxygens (including phenoxy) is 1. The van der Waals surface area contributed by atoms with Crippen LogP contribution < -0.4 is 4.74 Å². The summed E-state index contributed by atoms with van der Waals surface area (Å²) in [6.45, 7) is 4.32. The topological polar surface area (TPSA) is 9.23 Å². The Morgan fingerprint density at radius 2 is 1.79 bits per heavy atom. The maximum Gasteiger partial charge on any atom is 0.201 e. The summed E-state index contributed by atoms with van der Waals surface area (Å²) in [5.74, 6) is 0.614. The number of hydrogen-bond donors (Lipinski definition) is 0. The van der Waals surface area contributed by atoms with Gasteiger partial charge in [-0.25, -0.2) is 4.39 Å². The van der Waals surface area contributed by atoms with Crippen LogP contribution in [-0.2, 0) is 0 Å². The molecule has 3 heteroatoms. The Labute approximate surface area is 168 Å². The Morgan fingerprint density at radius 3 is 2.43 bits per heavy atom. The molecule has 0 N–H and O–H groups in total. The van der Waals surface area contributed by atoms with Crippen molar-refractivity contribution in [1.29, 1.82) is 0 Å². The molecule has 0 radical (unpaired) electrons. The first-order valence-electron chi connectivity index (χ1n) is 11.1. The highest BCUT2D eigenvalue weighted by atomic mass is 19.2. The molecule has 154 valence electrons. The second kappa shape index (κ2) is 10.2. The molecular formula is C25H34F2O. The first-order chi connectivity index (χ1) is 13.6. The molecular weight excluding hydrogens is 354 g/mol. The fourth-order valence-corrected chi connectivity index (χ4v) is 4.84. The second-order valence-electron chi connectivity index (χ2n) is 8.33. The minimum atomic E-state index is -0.864. The molecule has 1 aromatic rings. The largest absolute Gasteiger partial charge is 0.491 e. The molecule has 1 saturated carbocycles. The molecule has 2 aliphatic rings. The molecule has 0 spiro atoms. The minimum Gasteiger partial charge on any atom is -0.491 e. The first-order valence-corrected chi connectivity index (χ1v) is 11.1. The molecule has 3 rings (SSSR count). The fourth-order valence-electron chi connectivity index (χ4n) is 4.84. The smallest absolute Gasteiger partial charge is 0.201 e. The van der Waals surface area contributed by atoms with Gasteiger partial charge in [-0.2, -0.15) is 4.39 Å². The van der Waals surface area contributed by atoms with Crippen LogP contribution in [0.4, 0.5) is 8.78 Å². The average molecular weight is 389 g/mol. The molecule has 1 fully saturated rings. The SMILES string of the molecule is CCC/C=C/C1CCC(C2CC=C(c3ccc(OCC)c(F)c3F)CC2)CC1. The van der Waals surface area contributed by atoms with Crippen LogP contribution in [0.3, 0.4) is 0 Å². The fraction of sp³-hybridized carbons (Fsp3) is 0.600. The zero-order valence-corrected chi connectivity index (χ0v) is 17.4. The van der Waals surface area contributed by atoms with E-state index in [0.717, 1.165) is 36.7 Å². The third-order valence-corrected chi connectivity index (χ3v) is 6.49. The van der Waals surface area contributed by atoms with Crippen molar-refractivity contribution in [1.82, 2.24) is 0 Å². The average Bonchev–Trinajstić information content (AvgIpc) is 2.73. The van der Waals surface area contributed by atoms with Gasteiger partial charge in [0.15, 0.2) is 11.6 Å². The van der Waals surface area contributed by atoms with Gasteiger partial charge in [0, 0.05) is 5.56 Å². The summed E-state index contributed by atoms with van der Waals surface area (Å²) in [7, 11) is 0.